The van der Waals surface area contributed by atoms with Gasteiger partial charge in [0.2, 0.25) is 0 Å². The van der Waals surface area contributed by atoms with E-state index in [9.17, 15) is 0 Å². The van der Waals surface area contributed by atoms with E-state index in [1.807, 2.05) is 0 Å². The van der Waals surface area contributed by atoms with Crippen LogP contribution in [-0.4, -0.2) is 0 Å². The molecule has 0 unspecified atom stereocenters. The van der Waals surface area contributed by atoms with Gasteiger partial charge in [-0.3, -0.25) is 0 Å². The Hall–Kier alpha value is 0. The summed E-state index contributed by atoms with van der Waals surface area (Å²) in [4.78, 5) is 0. The summed E-state index contributed by atoms with van der Waals surface area (Å²) in [6.45, 7) is 7.10. The minimum atomic E-state index is 0.970. The molecule has 0 aliphatic heterocycles. The standard InChI is InChI=1S/C28H58/c1-4-6-8-10-12-14-15-16-17-18-19-21-23-25-27-28(3)26-24-22-20-13-11-9-7-5-2/h28H,4-27H2,1-3H3/t28-/m0/s1. The van der Waals surface area contributed by atoms with E-state index in [0.29, 0.717) is 0 Å². The predicted octanol–water partition coefficient (Wildman–Crippen LogP) is 11.0. The maximum absolute atomic E-state index is 2.49. The summed E-state index contributed by atoms with van der Waals surface area (Å²) in [5.74, 6) is 0.970. The summed E-state index contributed by atoms with van der Waals surface area (Å²) in [6, 6.07) is 0. The molecular weight excluding hydrogens is 336 g/mol. The van der Waals surface area contributed by atoms with Crippen LogP contribution < -0.4 is 0 Å². The molecular formula is C28H58. The minimum absolute atomic E-state index is 0.970. The lowest BCUT2D eigenvalue weighted by Gasteiger charge is -2.11. The van der Waals surface area contributed by atoms with E-state index in [2.05, 4.69) is 20.8 Å². The van der Waals surface area contributed by atoms with Gasteiger partial charge in [-0.1, -0.05) is 175 Å². The molecule has 0 spiro atoms. The van der Waals surface area contributed by atoms with Crippen molar-refractivity contribution in [2.45, 2.75) is 175 Å². The van der Waals surface area contributed by atoms with E-state index in [1.54, 1.807) is 0 Å². The van der Waals surface area contributed by atoms with Gasteiger partial charge in [0.25, 0.3) is 0 Å². The second kappa shape index (κ2) is 25.0. The topological polar surface area (TPSA) is 0 Å². The zero-order chi connectivity index (χ0) is 20.5. The van der Waals surface area contributed by atoms with Crippen molar-refractivity contribution in [2.75, 3.05) is 0 Å². The molecule has 0 nitrogen and oxygen atoms in total. The van der Waals surface area contributed by atoms with Crippen molar-refractivity contribution in [1.29, 1.82) is 0 Å². The van der Waals surface area contributed by atoms with Gasteiger partial charge in [0.05, 0.1) is 0 Å². The summed E-state index contributed by atoms with van der Waals surface area (Å²) in [7, 11) is 0. The van der Waals surface area contributed by atoms with Crippen LogP contribution in [0.15, 0.2) is 0 Å². The van der Waals surface area contributed by atoms with E-state index in [4.69, 9.17) is 0 Å². The molecule has 0 heteroatoms. The van der Waals surface area contributed by atoms with Crippen LogP contribution in [-0.2, 0) is 0 Å². The summed E-state index contributed by atoms with van der Waals surface area (Å²) < 4.78 is 0. The number of hydrogen-bond acceptors (Lipinski definition) is 0. The minimum Gasteiger partial charge on any atom is -0.0654 e. The second-order valence-electron chi connectivity index (χ2n) is 9.75. The van der Waals surface area contributed by atoms with Gasteiger partial charge in [-0.15, -0.1) is 0 Å². The Bertz CT molecular complexity index is 257. The van der Waals surface area contributed by atoms with Crippen LogP contribution in [0.1, 0.15) is 175 Å². The van der Waals surface area contributed by atoms with Crippen molar-refractivity contribution >= 4 is 0 Å². The van der Waals surface area contributed by atoms with E-state index in [0.717, 1.165) is 5.92 Å². The maximum atomic E-state index is 2.49. The van der Waals surface area contributed by atoms with E-state index < -0.39 is 0 Å². The average molecular weight is 395 g/mol. The largest absolute Gasteiger partial charge is 0.0654 e. The van der Waals surface area contributed by atoms with Gasteiger partial charge < -0.3 is 0 Å². The Morgan fingerprint density at radius 1 is 0.321 bits per heavy atom. The fourth-order valence-corrected chi connectivity index (χ4v) is 4.46. The quantitative estimate of drug-likeness (QED) is 0.143. The number of rotatable bonds is 24. The van der Waals surface area contributed by atoms with Crippen molar-refractivity contribution in [3.05, 3.63) is 0 Å². The molecule has 0 aromatic heterocycles. The van der Waals surface area contributed by atoms with Crippen LogP contribution >= 0.6 is 0 Å². The van der Waals surface area contributed by atoms with E-state index in [1.165, 1.54) is 154 Å². The molecule has 0 heterocycles. The highest BCUT2D eigenvalue weighted by molar-refractivity contribution is 4.56. The van der Waals surface area contributed by atoms with Gasteiger partial charge >= 0.3 is 0 Å². The molecule has 0 aliphatic carbocycles. The lowest BCUT2D eigenvalue weighted by molar-refractivity contribution is 0.430. The van der Waals surface area contributed by atoms with Crippen LogP contribution in [0, 0.1) is 5.92 Å². The Morgan fingerprint density at radius 2 is 0.536 bits per heavy atom. The van der Waals surface area contributed by atoms with Gasteiger partial charge in [-0.05, 0) is 5.92 Å². The molecule has 0 amide bonds. The predicted molar refractivity (Wildman–Crippen MR) is 131 cm³/mol. The number of hydrogen-bond donors (Lipinski definition) is 0. The first-order valence-corrected chi connectivity index (χ1v) is 13.8. The third-order valence-electron chi connectivity index (χ3n) is 6.60. The van der Waals surface area contributed by atoms with E-state index >= 15 is 0 Å². The van der Waals surface area contributed by atoms with E-state index in [-0.39, 0.29) is 0 Å². The molecule has 0 N–H and O–H groups in total. The Labute approximate surface area is 181 Å². The summed E-state index contributed by atoms with van der Waals surface area (Å²) >= 11 is 0. The SMILES string of the molecule is CCCCCCCCCCCCCCCC[C@@H](C)CCCCCCCCCC. The highest BCUT2D eigenvalue weighted by Crippen LogP contribution is 2.19. The van der Waals surface area contributed by atoms with Crippen LogP contribution in [0.25, 0.3) is 0 Å². The fourth-order valence-electron chi connectivity index (χ4n) is 4.46. The van der Waals surface area contributed by atoms with Crippen LogP contribution in [0.4, 0.5) is 0 Å². The van der Waals surface area contributed by atoms with Crippen LogP contribution in [0.5, 0.6) is 0 Å². The fraction of sp³-hybridized carbons (Fsp3) is 1.00. The molecule has 1 atom stereocenters. The molecule has 0 rings (SSSR count). The van der Waals surface area contributed by atoms with Gasteiger partial charge in [-0.2, -0.15) is 0 Å². The molecule has 0 radical (unpaired) electrons. The molecule has 0 fully saturated rings. The normalized spacial score (nSPS) is 12.5. The van der Waals surface area contributed by atoms with Crippen molar-refractivity contribution < 1.29 is 0 Å². The van der Waals surface area contributed by atoms with Gasteiger partial charge in [0, 0.05) is 0 Å². The summed E-state index contributed by atoms with van der Waals surface area (Å²) in [6.07, 6.45) is 35.3. The Balaban J connectivity index is 3.11. The molecule has 0 saturated carbocycles. The van der Waals surface area contributed by atoms with Crippen molar-refractivity contribution in [3.8, 4) is 0 Å². The lowest BCUT2D eigenvalue weighted by Crippen LogP contribution is -1.95. The van der Waals surface area contributed by atoms with Gasteiger partial charge in [0.15, 0.2) is 0 Å². The first kappa shape index (κ1) is 28.0. The van der Waals surface area contributed by atoms with Crippen molar-refractivity contribution in [1.82, 2.24) is 0 Å². The summed E-state index contributed by atoms with van der Waals surface area (Å²) in [5, 5.41) is 0. The first-order valence-electron chi connectivity index (χ1n) is 13.8. The van der Waals surface area contributed by atoms with Crippen LogP contribution in [0.3, 0.4) is 0 Å². The molecule has 0 bridgehead atoms. The Kier molecular flexibility index (Phi) is 25.0. The zero-order valence-corrected chi connectivity index (χ0v) is 20.5. The third kappa shape index (κ3) is 24.0. The Morgan fingerprint density at radius 3 is 0.786 bits per heavy atom. The van der Waals surface area contributed by atoms with Gasteiger partial charge in [0.1, 0.15) is 0 Å². The van der Waals surface area contributed by atoms with Crippen molar-refractivity contribution in [2.24, 2.45) is 5.92 Å². The summed E-state index contributed by atoms with van der Waals surface area (Å²) in [5.41, 5.74) is 0. The number of unbranched alkanes of at least 4 members (excludes halogenated alkanes) is 20. The van der Waals surface area contributed by atoms with Crippen molar-refractivity contribution in [3.63, 3.8) is 0 Å². The molecule has 28 heavy (non-hydrogen) atoms. The zero-order valence-electron chi connectivity index (χ0n) is 20.5. The molecule has 0 saturated heterocycles. The molecule has 0 aromatic carbocycles. The molecule has 170 valence electrons. The molecule has 0 aliphatic rings. The molecule has 0 aromatic rings. The lowest BCUT2D eigenvalue weighted by atomic mass is 9.95. The monoisotopic (exact) mass is 394 g/mol. The third-order valence-corrected chi connectivity index (χ3v) is 6.60. The smallest absolute Gasteiger partial charge is 0.0443 e. The average Bonchev–Trinajstić information content (AvgIpc) is 2.70. The second-order valence-corrected chi connectivity index (χ2v) is 9.75. The highest BCUT2D eigenvalue weighted by Gasteiger charge is 2.02. The van der Waals surface area contributed by atoms with Crippen LogP contribution in [0.2, 0.25) is 0 Å². The maximum Gasteiger partial charge on any atom is -0.0443 e. The first-order chi connectivity index (χ1) is 13.8. The van der Waals surface area contributed by atoms with Gasteiger partial charge in [-0.25, -0.2) is 0 Å². The highest BCUT2D eigenvalue weighted by atomic mass is 14.1.